The second-order valence-electron chi connectivity index (χ2n) is 6.59. The quantitative estimate of drug-likeness (QED) is 0.597. The molecule has 2 rings (SSSR count). The highest BCUT2D eigenvalue weighted by Crippen LogP contribution is 2.27. The Hall–Kier alpha value is -1.91. The van der Waals surface area contributed by atoms with Crippen molar-refractivity contribution in [1.29, 1.82) is 0 Å². The molecule has 1 unspecified atom stereocenters. The van der Waals surface area contributed by atoms with Gasteiger partial charge >= 0.3 is 0 Å². The van der Waals surface area contributed by atoms with Crippen molar-refractivity contribution in [2.75, 3.05) is 23.4 Å². The Morgan fingerprint density at radius 2 is 1.62 bits per heavy atom. The lowest BCUT2D eigenvalue weighted by Gasteiger charge is -2.25. The summed E-state index contributed by atoms with van der Waals surface area (Å²) in [7, 11) is -7.00. The van der Waals surface area contributed by atoms with E-state index >= 15 is 0 Å². The molecule has 2 aromatic carbocycles. The van der Waals surface area contributed by atoms with Gasteiger partial charge in [-0.3, -0.25) is 9.10 Å². The third-order valence-corrected chi connectivity index (χ3v) is 7.19. The molecule has 0 radical (unpaired) electrons. The van der Waals surface area contributed by atoms with E-state index in [0.717, 1.165) is 22.4 Å². The van der Waals surface area contributed by atoms with Gasteiger partial charge in [-0.25, -0.2) is 16.8 Å². The Morgan fingerprint density at radius 3 is 2.10 bits per heavy atom. The molecule has 1 N–H and O–H groups in total. The van der Waals surface area contributed by atoms with Gasteiger partial charge in [0.1, 0.15) is 6.54 Å². The van der Waals surface area contributed by atoms with E-state index < -0.39 is 25.8 Å². The van der Waals surface area contributed by atoms with E-state index in [0.29, 0.717) is 16.6 Å². The summed E-state index contributed by atoms with van der Waals surface area (Å²) < 4.78 is 49.3. The number of rotatable bonds is 8. The van der Waals surface area contributed by atoms with Crippen LogP contribution in [0.1, 0.15) is 24.9 Å². The number of nitrogens with one attached hydrogen (secondary N) is 1. The molecule has 0 fully saturated rings. The Morgan fingerprint density at radius 1 is 1.03 bits per heavy atom. The Balaban J connectivity index is 2.21. The Bertz CT molecular complexity index is 1080. The number of benzene rings is 2. The Kier molecular flexibility index (Phi) is 7.47. The second-order valence-corrected chi connectivity index (χ2v) is 11.4. The van der Waals surface area contributed by atoms with Gasteiger partial charge < -0.3 is 5.32 Å². The molecule has 10 heteroatoms. The van der Waals surface area contributed by atoms with Crippen LogP contribution in [-0.2, 0) is 24.7 Å². The predicted octanol–water partition coefficient (Wildman–Crippen LogP) is 2.89. The van der Waals surface area contributed by atoms with E-state index in [9.17, 15) is 21.6 Å². The number of halogens is 1. The highest BCUT2D eigenvalue weighted by Gasteiger charge is 2.24. The number of sulfonamides is 1. The summed E-state index contributed by atoms with van der Waals surface area (Å²) in [5.74, 6) is -0.467. The fourth-order valence-electron chi connectivity index (χ4n) is 2.77. The van der Waals surface area contributed by atoms with Crippen LogP contribution in [0.25, 0.3) is 0 Å². The third kappa shape index (κ3) is 6.28. The molecule has 0 aliphatic rings. The van der Waals surface area contributed by atoms with Crippen molar-refractivity contribution in [3.63, 3.8) is 0 Å². The van der Waals surface area contributed by atoms with E-state index in [1.165, 1.54) is 12.1 Å². The highest BCUT2D eigenvalue weighted by molar-refractivity contribution is 9.10. The van der Waals surface area contributed by atoms with Crippen LogP contribution in [0.15, 0.2) is 57.9 Å². The smallest absolute Gasteiger partial charge is 0.241 e. The molecule has 0 heterocycles. The maximum atomic E-state index is 12.6. The van der Waals surface area contributed by atoms with Gasteiger partial charge in [0.2, 0.25) is 15.9 Å². The van der Waals surface area contributed by atoms with Crippen LogP contribution in [0, 0.1) is 0 Å². The first-order chi connectivity index (χ1) is 13.4. The van der Waals surface area contributed by atoms with Crippen molar-refractivity contribution < 1.29 is 21.6 Å². The van der Waals surface area contributed by atoms with Crippen molar-refractivity contribution in [3.05, 3.63) is 58.6 Å². The van der Waals surface area contributed by atoms with Gasteiger partial charge in [0, 0.05) is 10.7 Å². The minimum absolute atomic E-state index is 0.194. The number of nitrogens with zero attached hydrogens (tertiary/aromatic N) is 1. The molecule has 2 aromatic rings. The van der Waals surface area contributed by atoms with Crippen molar-refractivity contribution >= 4 is 47.4 Å². The topological polar surface area (TPSA) is 101 Å². The minimum Gasteiger partial charge on any atom is -0.348 e. The van der Waals surface area contributed by atoms with Gasteiger partial charge in [0.25, 0.3) is 0 Å². The SMILES string of the molecule is CCC(NC(=O)CN(c1ccccc1Br)S(C)(=O)=O)c1ccc(S(C)(=O)=O)cc1. The summed E-state index contributed by atoms with van der Waals surface area (Å²) in [6.45, 7) is 1.50. The second kappa shape index (κ2) is 9.27. The van der Waals surface area contributed by atoms with Crippen LogP contribution in [-0.4, -0.2) is 41.8 Å². The summed E-state index contributed by atoms with van der Waals surface area (Å²) in [5, 5.41) is 2.82. The molecule has 1 amide bonds. The van der Waals surface area contributed by atoms with E-state index in [-0.39, 0.29) is 17.5 Å². The van der Waals surface area contributed by atoms with Crippen LogP contribution < -0.4 is 9.62 Å². The summed E-state index contributed by atoms with van der Waals surface area (Å²) in [6.07, 6.45) is 2.72. The zero-order valence-electron chi connectivity index (χ0n) is 16.3. The van der Waals surface area contributed by atoms with Crippen molar-refractivity contribution in [3.8, 4) is 0 Å². The molecule has 29 heavy (non-hydrogen) atoms. The van der Waals surface area contributed by atoms with E-state index in [1.54, 1.807) is 36.4 Å². The molecule has 1 atom stereocenters. The van der Waals surface area contributed by atoms with E-state index in [2.05, 4.69) is 21.2 Å². The third-order valence-electron chi connectivity index (χ3n) is 4.26. The molecule has 7 nitrogen and oxygen atoms in total. The van der Waals surface area contributed by atoms with Gasteiger partial charge in [-0.15, -0.1) is 0 Å². The number of sulfone groups is 1. The number of carbonyl (C=O) groups excluding carboxylic acids is 1. The van der Waals surface area contributed by atoms with Gasteiger partial charge in [-0.05, 0) is 52.2 Å². The van der Waals surface area contributed by atoms with Crippen LogP contribution in [0.2, 0.25) is 0 Å². The van der Waals surface area contributed by atoms with Gasteiger partial charge in [-0.2, -0.15) is 0 Å². The monoisotopic (exact) mass is 502 g/mol. The molecule has 0 aliphatic heterocycles. The number of carbonyl (C=O) groups is 1. The van der Waals surface area contributed by atoms with Crippen LogP contribution in [0.4, 0.5) is 5.69 Å². The van der Waals surface area contributed by atoms with Crippen LogP contribution in [0.5, 0.6) is 0 Å². The highest BCUT2D eigenvalue weighted by atomic mass is 79.9. The van der Waals surface area contributed by atoms with Crippen molar-refractivity contribution in [1.82, 2.24) is 5.32 Å². The molecule has 0 saturated heterocycles. The van der Waals surface area contributed by atoms with Crippen LogP contribution in [0.3, 0.4) is 0 Å². The number of amides is 1. The number of hydrogen-bond donors (Lipinski definition) is 1. The average molecular weight is 503 g/mol. The maximum Gasteiger partial charge on any atom is 0.241 e. The zero-order chi connectivity index (χ0) is 21.8. The van der Waals surface area contributed by atoms with Gasteiger partial charge in [0.05, 0.1) is 22.9 Å². The first kappa shape index (κ1) is 23.4. The molecule has 158 valence electrons. The molecule has 0 aliphatic carbocycles. The van der Waals surface area contributed by atoms with Gasteiger partial charge in [-0.1, -0.05) is 31.2 Å². The predicted molar refractivity (Wildman–Crippen MR) is 117 cm³/mol. The van der Waals surface area contributed by atoms with Crippen LogP contribution >= 0.6 is 15.9 Å². The molecule has 0 bridgehead atoms. The van der Waals surface area contributed by atoms with E-state index in [4.69, 9.17) is 0 Å². The summed E-state index contributed by atoms with van der Waals surface area (Å²) >= 11 is 3.32. The molecular weight excluding hydrogens is 480 g/mol. The minimum atomic E-state index is -3.69. The summed E-state index contributed by atoms with van der Waals surface area (Å²) in [5.41, 5.74) is 1.11. The normalized spacial score (nSPS) is 13.0. The van der Waals surface area contributed by atoms with Crippen molar-refractivity contribution in [2.24, 2.45) is 0 Å². The lowest BCUT2D eigenvalue weighted by Crippen LogP contribution is -2.41. The first-order valence-corrected chi connectivity index (χ1v) is 13.3. The maximum absolute atomic E-state index is 12.6. The van der Waals surface area contributed by atoms with Gasteiger partial charge in [0.15, 0.2) is 9.84 Å². The molecule has 0 aromatic heterocycles. The molecular formula is C19H23BrN2O5S2. The van der Waals surface area contributed by atoms with E-state index in [1.807, 2.05) is 6.92 Å². The lowest BCUT2D eigenvalue weighted by atomic mass is 10.0. The fourth-order valence-corrected chi connectivity index (χ4v) is 4.89. The summed E-state index contributed by atoms with van der Waals surface area (Å²) in [4.78, 5) is 12.8. The Labute approximate surface area is 180 Å². The van der Waals surface area contributed by atoms with Crippen molar-refractivity contribution in [2.45, 2.75) is 24.3 Å². The first-order valence-electron chi connectivity index (χ1n) is 8.75. The number of para-hydroxylation sites is 1. The number of anilines is 1. The average Bonchev–Trinajstić information content (AvgIpc) is 2.63. The molecule has 0 spiro atoms. The summed E-state index contributed by atoms with van der Waals surface area (Å²) in [6, 6.07) is 12.6. The largest absolute Gasteiger partial charge is 0.348 e. The lowest BCUT2D eigenvalue weighted by molar-refractivity contribution is -0.120. The fraction of sp³-hybridized carbons (Fsp3) is 0.316. The standard InChI is InChI=1S/C19H23BrN2O5S2/c1-4-17(14-9-11-15(12-10-14)28(2,24)25)21-19(23)13-22(29(3,26)27)18-8-6-5-7-16(18)20/h5-12,17H,4,13H2,1-3H3,(H,21,23). The zero-order valence-corrected chi connectivity index (χ0v) is 19.5. The number of hydrogen-bond acceptors (Lipinski definition) is 5. The molecule has 0 saturated carbocycles.